The van der Waals surface area contributed by atoms with Crippen LogP contribution in [0, 0.1) is 0 Å². The van der Waals surface area contributed by atoms with Crippen LogP contribution in [0.1, 0.15) is 26.3 Å². The van der Waals surface area contributed by atoms with Gasteiger partial charge in [0.2, 0.25) is 0 Å². The zero-order valence-electron chi connectivity index (χ0n) is 13.5. The van der Waals surface area contributed by atoms with E-state index in [1.807, 2.05) is 44.2 Å². The van der Waals surface area contributed by atoms with E-state index in [2.05, 4.69) is 5.32 Å². The van der Waals surface area contributed by atoms with Crippen molar-refractivity contribution in [2.45, 2.75) is 38.2 Å². The number of carbonyl (C=O) groups is 2. The van der Waals surface area contributed by atoms with Gasteiger partial charge in [0.05, 0.1) is 12.6 Å². The van der Waals surface area contributed by atoms with Gasteiger partial charge in [-0.15, -0.1) is 11.8 Å². The molecule has 23 heavy (non-hydrogen) atoms. The van der Waals surface area contributed by atoms with Crippen LogP contribution in [-0.4, -0.2) is 29.5 Å². The summed E-state index contributed by atoms with van der Waals surface area (Å²) in [6.07, 6.45) is 0.934. The van der Waals surface area contributed by atoms with Crippen molar-refractivity contribution in [1.29, 1.82) is 0 Å². The second kappa shape index (κ2) is 7.55. The molecule has 0 saturated carbocycles. The molecule has 1 heterocycles. The molecule has 1 aromatic carbocycles. The molecule has 0 aromatic heterocycles. The number of hydrogen-bond donors (Lipinski definition) is 1. The maximum Gasteiger partial charge on any atom is 0.408 e. The predicted molar refractivity (Wildman–Crippen MR) is 89.9 cm³/mol. The third-order valence-corrected chi connectivity index (χ3v) is 4.73. The highest BCUT2D eigenvalue weighted by molar-refractivity contribution is 8.06. The van der Waals surface area contributed by atoms with Gasteiger partial charge in [0, 0.05) is 15.7 Å². The van der Waals surface area contributed by atoms with E-state index in [9.17, 15) is 9.59 Å². The summed E-state index contributed by atoms with van der Waals surface area (Å²) in [5.74, 6) is -0.394. The Bertz CT molecular complexity index is 598. The summed E-state index contributed by atoms with van der Waals surface area (Å²) < 4.78 is 9.94. The fraction of sp³-hybridized carbons (Fsp3) is 0.412. The largest absolute Gasteiger partial charge is 0.463 e. The fourth-order valence-corrected chi connectivity index (χ4v) is 3.60. The molecule has 0 aliphatic carbocycles. The lowest BCUT2D eigenvalue weighted by Crippen LogP contribution is -2.55. The zero-order valence-corrected chi connectivity index (χ0v) is 14.3. The Morgan fingerprint density at radius 1 is 1.26 bits per heavy atom. The Labute approximate surface area is 140 Å². The van der Waals surface area contributed by atoms with E-state index >= 15 is 0 Å². The third-order valence-electron chi connectivity index (χ3n) is 3.38. The van der Waals surface area contributed by atoms with Gasteiger partial charge in [-0.1, -0.05) is 30.3 Å². The van der Waals surface area contributed by atoms with Crippen LogP contribution < -0.4 is 5.32 Å². The first-order valence-electron chi connectivity index (χ1n) is 7.47. The number of alkyl carbamates (subject to hydrolysis) is 1. The summed E-state index contributed by atoms with van der Waals surface area (Å²) in [5, 5.41) is 2.82. The van der Waals surface area contributed by atoms with Gasteiger partial charge >= 0.3 is 12.1 Å². The van der Waals surface area contributed by atoms with E-state index in [0.29, 0.717) is 6.61 Å². The topological polar surface area (TPSA) is 64.6 Å². The maximum atomic E-state index is 12.0. The minimum absolute atomic E-state index is 0.190. The Balaban J connectivity index is 1.90. The number of esters is 1. The molecule has 0 bridgehead atoms. The molecule has 1 aliphatic rings. The van der Waals surface area contributed by atoms with Gasteiger partial charge in [-0.05, 0) is 26.3 Å². The highest BCUT2D eigenvalue weighted by Gasteiger charge is 2.46. The summed E-state index contributed by atoms with van der Waals surface area (Å²) in [6.45, 7) is 6.30. The number of benzene rings is 1. The molecule has 1 unspecified atom stereocenters. The van der Waals surface area contributed by atoms with Gasteiger partial charge in [0.1, 0.15) is 6.61 Å². The van der Waals surface area contributed by atoms with E-state index < -0.39 is 12.1 Å². The van der Waals surface area contributed by atoms with Crippen LogP contribution in [0.2, 0.25) is 0 Å². The molecule has 1 fully saturated rings. The summed E-state index contributed by atoms with van der Waals surface area (Å²) in [7, 11) is 0. The molecule has 1 aromatic rings. The van der Waals surface area contributed by atoms with Gasteiger partial charge in [0.15, 0.2) is 0 Å². The maximum absolute atomic E-state index is 12.0. The average molecular weight is 335 g/mol. The molecular weight excluding hydrogens is 314 g/mol. The monoisotopic (exact) mass is 335 g/mol. The first-order valence-corrected chi connectivity index (χ1v) is 8.28. The second-order valence-electron chi connectivity index (χ2n) is 5.64. The van der Waals surface area contributed by atoms with Crippen molar-refractivity contribution in [3.8, 4) is 0 Å². The lowest BCUT2D eigenvalue weighted by atomic mass is 10.0. The first-order chi connectivity index (χ1) is 10.9. The number of amides is 1. The minimum atomic E-state index is -0.498. The van der Waals surface area contributed by atoms with Gasteiger partial charge in [-0.2, -0.15) is 0 Å². The van der Waals surface area contributed by atoms with E-state index in [0.717, 1.165) is 10.5 Å². The van der Waals surface area contributed by atoms with Crippen molar-refractivity contribution in [2.24, 2.45) is 0 Å². The van der Waals surface area contributed by atoms with Crippen molar-refractivity contribution in [2.75, 3.05) is 6.61 Å². The van der Waals surface area contributed by atoms with E-state index in [4.69, 9.17) is 9.47 Å². The highest BCUT2D eigenvalue weighted by Crippen LogP contribution is 2.49. The van der Waals surface area contributed by atoms with Crippen LogP contribution in [0.25, 0.3) is 0 Å². The molecular formula is C17H21NO4S. The molecule has 5 nitrogen and oxygen atoms in total. The number of nitrogens with one attached hydrogen (secondary N) is 1. The third kappa shape index (κ3) is 4.76. The first kappa shape index (κ1) is 17.4. The molecule has 124 valence electrons. The molecule has 1 N–H and O–H groups in total. The molecule has 6 heteroatoms. The standard InChI is InChI=1S/C17H21NO4S/c1-4-21-14(19)10-13-15(17(2,3)23-13)18-16(20)22-11-12-8-6-5-7-9-12/h5-10,15H,4,11H2,1-3H3,(H,18,20). The van der Waals surface area contributed by atoms with Gasteiger partial charge < -0.3 is 14.8 Å². The van der Waals surface area contributed by atoms with Crippen molar-refractivity contribution in [1.82, 2.24) is 5.32 Å². The Kier molecular flexibility index (Phi) is 5.71. The summed E-state index contributed by atoms with van der Waals surface area (Å²) in [4.78, 5) is 24.3. The van der Waals surface area contributed by atoms with Crippen LogP contribution >= 0.6 is 11.8 Å². The van der Waals surface area contributed by atoms with Crippen LogP contribution in [-0.2, 0) is 20.9 Å². The van der Waals surface area contributed by atoms with Gasteiger partial charge in [-0.25, -0.2) is 9.59 Å². The van der Waals surface area contributed by atoms with Crippen LogP contribution in [0.15, 0.2) is 41.3 Å². The summed E-state index contributed by atoms with van der Waals surface area (Å²) in [6, 6.07) is 9.22. The normalized spacial score (nSPS) is 20.5. The predicted octanol–water partition coefficient (Wildman–Crippen LogP) is 3.25. The molecule has 1 aliphatic heterocycles. The Hall–Kier alpha value is -1.95. The van der Waals surface area contributed by atoms with Crippen molar-refractivity contribution in [3.63, 3.8) is 0 Å². The molecule has 1 saturated heterocycles. The van der Waals surface area contributed by atoms with E-state index in [1.54, 1.807) is 6.92 Å². The number of thioether (sulfide) groups is 1. The van der Waals surface area contributed by atoms with Gasteiger partial charge in [-0.3, -0.25) is 0 Å². The molecule has 1 atom stereocenters. The Morgan fingerprint density at radius 3 is 2.57 bits per heavy atom. The molecule has 0 spiro atoms. The van der Waals surface area contributed by atoms with Crippen LogP contribution in [0.5, 0.6) is 0 Å². The summed E-state index contributed by atoms with van der Waals surface area (Å²) in [5.41, 5.74) is 0.923. The quantitative estimate of drug-likeness (QED) is 0.661. The summed E-state index contributed by atoms with van der Waals surface area (Å²) >= 11 is 1.54. The number of rotatable bonds is 5. The number of carbonyl (C=O) groups excluding carboxylic acids is 2. The highest BCUT2D eigenvalue weighted by atomic mass is 32.2. The van der Waals surface area contributed by atoms with E-state index in [1.165, 1.54) is 17.8 Å². The van der Waals surface area contributed by atoms with Crippen molar-refractivity contribution >= 4 is 23.8 Å². The second-order valence-corrected chi connectivity index (χ2v) is 7.37. The molecule has 2 rings (SSSR count). The average Bonchev–Trinajstić information content (AvgIpc) is 2.51. The number of hydrogen-bond acceptors (Lipinski definition) is 5. The molecule has 1 amide bonds. The van der Waals surface area contributed by atoms with Crippen LogP contribution in [0.4, 0.5) is 4.79 Å². The van der Waals surface area contributed by atoms with Crippen molar-refractivity contribution < 1.29 is 19.1 Å². The van der Waals surface area contributed by atoms with Gasteiger partial charge in [0.25, 0.3) is 0 Å². The zero-order chi connectivity index (χ0) is 16.9. The van der Waals surface area contributed by atoms with Crippen LogP contribution in [0.3, 0.4) is 0 Å². The van der Waals surface area contributed by atoms with Crippen molar-refractivity contribution in [3.05, 3.63) is 46.9 Å². The number of ether oxygens (including phenoxy) is 2. The lowest BCUT2D eigenvalue weighted by molar-refractivity contribution is -0.137. The molecule has 0 radical (unpaired) electrons. The van der Waals surface area contributed by atoms with E-state index in [-0.39, 0.29) is 17.4 Å². The fourth-order valence-electron chi connectivity index (χ4n) is 2.25. The smallest absolute Gasteiger partial charge is 0.408 e. The SMILES string of the molecule is CCOC(=O)C=C1SC(C)(C)C1NC(=O)OCc1ccccc1. The Morgan fingerprint density at radius 2 is 1.96 bits per heavy atom. The lowest BCUT2D eigenvalue weighted by Gasteiger charge is -2.45. The minimum Gasteiger partial charge on any atom is -0.463 e.